The average Bonchev–Trinajstić information content (AvgIpc) is 2.52. The second-order valence-corrected chi connectivity index (χ2v) is 4.62. The third-order valence-electron chi connectivity index (χ3n) is 3.24. The van der Waals surface area contributed by atoms with E-state index in [9.17, 15) is 4.79 Å². The molecule has 0 unspecified atom stereocenters. The van der Waals surface area contributed by atoms with E-state index in [0.29, 0.717) is 13.2 Å². The molecule has 2 aromatic rings. The van der Waals surface area contributed by atoms with Gasteiger partial charge in [-0.1, -0.05) is 24.3 Å². The Morgan fingerprint density at radius 1 is 0.810 bits per heavy atom. The molecule has 0 fully saturated rings. The molecule has 0 bridgehead atoms. The highest BCUT2D eigenvalue weighted by Gasteiger charge is 2.13. The lowest BCUT2D eigenvalue weighted by Crippen LogP contribution is -2.03. The van der Waals surface area contributed by atoms with Gasteiger partial charge in [-0.15, -0.1) is 0 Å². The number of rotatable bonds is 7. The molecule has 0 atom stereocenters. The van der Waals surface area contributed by atoms with Crippen LogP contribution in [0.25, 0.3) is 0 Å². The van der Waals surface area contributed by atoms with Crippen molar-refractivity contribution in [3.05, 3.63) is 59.7 Å². The predicted molar refractivity (Wildman–Crippen MR) is 83.1 cm³/mol. The molecule has 2 rings (SSSR count). The molecule has 0 aromatic heterocycles. The fourth-order valence-corrected chi connectivity index (χ4v) is 2.23. The van der Waals surface area contributed by atoms with Crippen molar-refractivity contribution < 1.29 is 14.3 Å². The minimum absolute atomic E-state index is 0.267. The number of benzene rings is 2. The minimum Gasteiger partial charge on any atom is -0.494 e. The van der Waals surface area contributed by atoms with E-state index in [0.717, 1.165) is 28.9 Å². The highest BCUT2D eigenvalue weighted by molar-refractivity contribution is 5.68. The Labute approximate surface area is 125 Å². The Morgan fingerprint density at radius 2 is 1.19 bits per heavy atom. The summed E-state index contributed by atoms with van der Waals surface area (Å²) in [6.07, 6.45) is 0.964. The summed E-state index contributed by atoms with van der Waals surface area (Å²) < 4.78 is 10.8. The van der Waals surface area contributed by atoms with E-state index in [1.807, 2.05) is 62.4 Å². The van der Waals surface area contributed by atoms with Crippen molar-refractivity contribution in [3.63, 3.8) is 0 Å². The Morgan fingerprint density at radius 3 is 1.48 bits per heavy atom. The van der Waals surface area contributed by atoms with Crippen molar-refractivity contribution in [1.82, 2.24) is 0 Å². The highest BCUT2D eigenvalue weighted by Crippen LogP contribution is 2.26. The smallest absolute Gasteiger partial charge is 0.131 e. The molecule has 2 aromatic carbocycles. The van der Waals surface area contributed by atoms with Crippen LogP contribution in [0.1, 0.15) is 30.9 Å². The van der Waals surface area contributed by atoms with Crippen LogP contribution in [0.5, 0.6) is 11.5 Å². The van der Waals surface area contributed by atoms with Gasteiger partial charge in [-0.2, -0.15) is 0 Å². The maximum atomic E-state index is 11.5. The van der Waals surface area contributed by atoms with Crippen LogP contribution in [0, 0.1) is 0 Å². The van der Waals surface area contributed by atoms with Crippen LogP contribution in [0.15, 0.2) is 48.5 Å². The maximum absolute atomic E-state index is 11.5. The van der Waals surface area contributed by atoms with E-state index in [4.69, 9.17) is 9.47 Å². The SMILES string of the molecule is CCOc1ccc(C(C=O)c2ccc(OCC)cc2)cc1. The Kier molecular flexibility index (Phi) is 5.38. The first-order valence-corrected chi connectivity index (χ1v) is 7.19. The summed E-state index contributed by atoms with van der Waals surface area (Å²) >= 11 is 0. The van der Waals surface area contributed by atoms with Crippen LogP contribution in [-0.2, 0) is 4.79 Å². The number of hydrogen-bond donors (Lipinski definition) is 0. The van der Waals surface area contributed by atoms with Gasteiger partial charge in [0.15, 0.2) is 0 Å². The van der Waals surface area contributed by atoms with Gasteiger partial charge in [0.1, 0.15) is 17.8 Å². The normalized spacial score (nSPS) is 10.4. The topological polar surface area (TPSA) is 35.5 Å². The van der Waals surface area contributed by atoms with Crippen LogP contribution < -0.4 is 9.47 Å². The average molecular weight is 284 g/mol. The Balaban J connectivity index is 2.20. The molecular formula is C18H20O3. The third-order valence-corrected chi connectivity index (χ3v) is 3.24. The Bertz CT molecular complexity index is 509. The predicted octanol–water partition coefficient (Wildman–Crippen LogP) is 3.81. The first-order valence-electron chi connectivity index (χ1n) is 7.19. The van der Waals surface area contributed by atoms with Crippen LogP contribution in [-0.4, -0.2) is 19.5 Å². The van der Waals surface area contributed by atoms with E-state index >= 15 is 0 Å². The number of carbonyl (C=O) groups excluding carboxylic acids is 1. The number of carbonyl (C=O) groups is 1. The van der Waals surface area contributed by atoms with Gasteiger partial charge in [-0.05, 0) is 49.2 Å². The van der Waals surface area contributed by atoms with Gasteiger partial charge in [-0.25, -0.2) is 0 Å². The van der Waals surface area contributed by atoms with Crippen molar-refractivity contribution in [2.45, 2.75) is 19.8 Å². The van der Waals surface area contributed by atoms with Gasteiger partial charge in [0, 0.05) is 0 Å². The first-order chi connectivity index (χ1) is 10.3. The molecule has 0 radical (unpaired) electrons. The molecule has 0 N–H and O–H groups in total. The van der Waals surface area contributed by atoms with E-state index in [-0.39, 0.29) is 5.92 Å². The second kappa shape index (κ2) is 7.48. The fraction of sp³-hybridized carbons (Fsp3) is 0.278. The molecular weight excluding hydrogens is 264 g/mol. The summed E-state index contributed by atoms with van der Waals surface area (Å²) in [6.45, 7) is 5.16. The molecule has 0 heterocycles. The maximum Gasteiger partial charge on any atom is 0.131 e. The van der Waals surface area contributed by atoms with Gasteiger partial charge in [0.25, 0.3) is 0 Å². The van der Waals surface area contributed by atoms with Gasteiger partial charge in [-0.3, -0.25) is 0 Å². The van der Waals surface area contributed by atoms with E-state index < -0.39 is 0 Å². The molecule has 0 aliphatic carbocycles. The van der Waals surface area contributed by atoms with Gasteiger partial charge in [0.05, 0.1) is 19.1 Å². The van der Waals surface area contributed by atoms with Crippen molar-refractivity contribution in [3.8, 4) is 11.5 Å². The molecule has 0 aliphatic rings. The van der Waals surface area contributed by atoms with Crippen molar-refractivity contribution >= 4 is 6.29 Å². The molecule has 3 heteroatoms. The van der Waals surface area contributed by atoms with Crippen molar-refractivity contribution in [1.29, 1.82) is 0 Å². The zero-order chi connectivity index (χ0) is 15.1. The van der Waals surface area contributed by atoms with Gasteiger partial charge < -0.3 is 14.3 Å². The molecule has 0 saturated carbocycles. The molecule has 0 aliphatic heterocycles. The summed E-state index contributed by atoms with van der Waals surface area (Å²) in [4.78, 5) is 11.5. The summed E-state index contributed by atoms with van der Waals surface area (Å²) in [6, 6.07) is 15.3. The second-order valence-electron chi connectivity index (χ2n) is 4.62. The van der Waals surface area contributed by atoms with Crippen molar-refractivity contribution in [2.75, 3.05) is 13.2 Å². The fourth-order valence-electron chi connectivity index (χ4n) is 2.23. The zero-order valence-electron chi connectivity index (χ0n) is 12.4. The first kappa shape index (κ1) is 15.1. The summed E-state index contributed by atoms with van der Waals surface area (Å²) in [5.41, 5.74) is 1.91. The van der Waals surface area contributed by atoms with Crippen LogP contribution >= 0.6 is 0 Å². The van der Waals surface area contributed by atoms with Gasteiger partial charge in [0.2, 0.25) is 0 Å². The minimum atomic E-state index is -0.267. The van der Waals surface area contributed by atoms with E-state index in [1.54, 1.807) is 0 Å². The molecule has 0 amide bonds. The highest BCUT2D eigenvalue weighted by atomic mass is 16.5. The molecule has 0 spiro atoms. The molecule has 110 valence electrons. The standard InChI is InChI=1S/C18H20O3/c1-3-20-16-9-5-14(6-10-16)18(13-19)15-7-11-17(12-8-15)21-4-2/h5-13,18H,3-4H2,1-2H3. The molecule has 21 heavy (non-hydrogen) atoms. The molecule has 3 nitrogen and oxygen atoms in total. The third kappa shape index (κ3) is 3.85. The Hall–Kier alpha value is -2.29. The number of aldehydes is 1. The lowest BCUT2D eigenvalue weighted by molar-refractivity contribution is -0.108. The van der Waals surface area contributed by atoms with Crippen LogP contribution in [0.3, 0.4) is 0 Å². The van der Waals surface area contributed by atoms with Crippen LogP contribution in [0.2, 0.25) is 0 Å². The van der Waals surface area contributed by atoms with Gasteiger partial charge >= 0.3 is 0 Å². The largest absolute Gasteiger partial charge is 0.494 e. The lowest BCUT2D eigenvalue weighted by Gasteiger charge is -2.13. The number of ether oxygens (including phenoxy) is 2. The van der Waals surface area contributed by atoms with Crippen molar-refractivity contribution in [2.24, 2.45) is 0 Å². The molecule has 0 saturated heterocycles. The van der Waals surface area contributed by atoms with Crippen LogP contribution in [0.4, 0.5) is 0 Å². The summed E-state index contributed by atoms with van der Waals surface area (Å²) in [5.74, 6) is 1.37. The van der Waals surface area contributed by atoms with E-state index in [1.165, 1.54) is 0 Å². The summed E-state index contributed by atoms with van der Waals surface area (Å²) in [5, 5.41) is 0. The van der Waals surface area contributed by atoms with E-state index in [2.05, 4.69) is 0 Å². The zero-order valence-corrected chi connectivity index (χ0v) is 12.4. The number of hydrogen-bond acceptors (Lipinski definition) is 3. The lowest BCUT2D eigenvalue weighted by atomic mass is 9.92. The monoisotopic (exact) mass is 284 g/mol. The quantitative estimate of drug-likeness (QED) is 0.725. The summed E-state index contributed by atoms with van der Waals surface area (Å²) in [7, 11) is 0.